The largest absolute Gasteiger partial charge is 0.395 e. The van der Waals surface area contributed by atoms with Crippen LogP contribution in [0.3, 0.4) is 0 Å². The molecule has 3 aromatic rings. The number of para-hydroxylation sites is 2. The van der Waals surface area contributed by atoms with Gasteiger partial charge in [-0.3, -0.25) is 0 Å². The molecule has 0 spiro atoms. The van der Waals surface area contributed by atoms with Gasteiger partial charge in [0.2, 0.25) is 0 Å². The molecule has 0 unspecified atom stereocenters. The van der Waals surface area contributed by atoms with Gasteiger partial charge in [0.05, 0.1) is 6.61 Å². The van der Waals surface area contributed by atoms with Gasteiger partial charge in [0, 0.05) is 67.6 Å². The van der Waals surface area contributed by atoms with E-state index in [1.807, 2.05) is 0 Å². The highest BCUT2D eigenvalue weighted by molar-refractivity contribution is 5.89. The second-order valence-corrected chi connectivity index (χ2v) is 8.81. The summed E-state index contributed by atoms with van der Waals surface area (Å²) in [6, 6.07) is 21.3. The van der Waals surface area contributed by atoms with Gasteiger partial charge >= 0.3 is 0 Å². The lowest BCUT2D eigenvalue weighted by Crippen LogP contribution is -2.29. The molecule has 0 saturated heterocycles. The van der Waals surface area contributed by atoms with Gasteiger partial charge in [0.25, 0.3) is 0 Å². The maximum absolute atomic E-state index is 9.39. The quantitative estimate of drug-likeness (QED) is 0.541. The Kier molecular flexibility index (Phi) is 6.24. The van der Waals surface area contributed by atoms with E-state index in [4.69, 9.17) is 0 Å². The highest BCUT2D eigenvalue weighted by atomic mass is 16.3. The molecule has 1 aromatic heterocycles. The van der Waals surface area contributed by atoms with Gasteiger partial charge in [-0.05, 0) is 47.6 Å². The number of β-amino-alcohol motifs (C(OH)–C–C–N with tert-alkyl or cyclic N) is 1. The molecular weight excluding hydrogens is 418 g/mol. The molecule has 4 nitrogen and oxygen atoms in total. The molecule has 0 fully saturated rings. The third kappa shape index (κ3) is 4.25. The van der Waals surface area contributed by atoms with E-state index >= 15 is 0 Å². The van der Waals surface area contributed by atoms with Gasteiger partial charge in [-0.25, -0.2) is 0 Å². The second-order valence-electron chi connectivity index (χ2n) is 8.81. The molecule has 0 saturated carbocycles. The van der Waals surface area contributed by atoms with Crippen molar-refractivity contribution in [3.8, 4) is 0 Å². The van der Waals surface area contributed by atoms with E-state index in [1.165, 1.54) is 39.3 Å². The van der Waals surface area contributed by atoms with Crippen molar-refractivity contribution in [3.63, 3.8) is 0 Å². The molecule has 1 N–H and O–H groups in total. The number of hydrogen-bond acceptors (Lipinski definition) is 3. The van der Waals surface area contributed by atoms with Crippen molar-refractivity contribution in [3.05, 3.63) is 107 Å². The average Bonchev–Trinajstić information content (AvgIpc) is 3.22. The van der Waals surface area contributed by atoms with Crippen LogP contribution in [-0.4, -0.2) is 43.0 Å². The number of hydrogen-bond donors (Lipinski definition) is 1. The Balaban J connectivity index is 1.36. The number of allylic oxidation sites excluding steroid dienone is 4. The van der Waals surface area contributed by atoms with Crippen molar-refractivity contribution in [2.75, 3.05) is 43.1 Å². The number of anilines is 2. The Bertz CT molecular complexity index is 1310. The van der Waals surface area contributed by atoms with Crippen LogP contribution in [0.15, 0.2) is 85.0 Å². The molecule has 0 radical (unpaired) electrons. The Morgan fingerprint density at radius 3 is 1.91 bits per heavy atom. The summed E-state index contributed by atoms with van der Waals surface area (Å²) in [5.41, 5.74) is 9.76. The van der Waals surface area contributed by atoms with E-state index < -0.39 is 0 Å². The lowest BCUT2D eigenvalue weighted by atomic mass is 9.98. The summed E-state index contributed by atoms with van der Waals surface area (Å²) in [4.78, 5) is 4.49. The minimum absolute atomic E-state index is 0.159. The Hall–Kier alpha value is -3.76. The zero-order valence-electron chi connectivity index (χ0n) is 19.9. The lowest BCUT2D eigenvalue weighted by Gasteiger charge is -2.29. The van der Waals surface area contributed by atoms with E-state index in [1.54, 1.807) is 0 Å². The van der Waals surface area contributed by atoms with Crippen molar-refractivity contribution < 1.29 is 5.11 Å². The van der Waals surface area contributed by atoms with Crippen LogP contribution in [0, 0.1) is 0 Å². The first-order valence-corrected chi connectivity index (χ1v) is 11.8. The topological polar surface area (TPSA) is 31.6 Å². The van der Waals surface area contributed by atoms with Crippen LogP contribution in [0.5, 0.6) is 0 Å². The number of likely N-dealkylation sites (N-methyl/N-ethyl adjacent to an activating group) is 1. The number of aliphatic hydroxyl groups excluding tert-OH is 1. The number of aromatic nitrogens is 1. The van der Waals surface area contributed by atoms with Crippen molar-refractivity contribution in [2.24, 2.45) is 7.05 Å². The van der Waals surface area contributed by atoms with Crippen LogP contribution in [-0.2, 0) is 7.05 Å². The van der Waals surface area contributed by atoms with Gasteiger partial charge in [0.15, 0.2) is 0 Å². The van der Waals surface area contributed by atoms with Gasteiger partial charge in [-0.1, -0.05) is 60.7 Å². The first kappa shape index (κ1) is 22.1. The number of rotatable bonds is 6. The van der Waals surface area contributed by atoms with E-state index in [0.717, 1.165) is 18.8 Å². The van der Waals surface area contributed by atoms with E-state index in [9.17, 15) is 5.11 Å². The molecule has 0 amide bonds. The summed E-state index contributed by atoms with van der Waals surface area (Å²) in [6.07, 6.45) is 13.3. The fraction of sp³-hybridized carbons (Fsp3) is 0.200. The summed E-state index contributed by atoms with van der Waals surface area (Å²) in [5, 5.41) is 9.39. The van der Waals surface area contributed by atoms with Gasteiger partial charge in [-0.15, -0.1) is 0 Å². The minimum atomic E-state index is 0.159. The fourth-order valence-electron chi connectivity index (χ4n) is 4.78. The zero-order valence-corrected chi connectivity index (χ0v) is 19.9. The Labute approximate surface area is 202 Å². The maximum Gasteiger partial charge on any atom is 0.0606 e. The molecule has 4 heteroatoms. The summed E-state index contributed by atoms with van der Waals surface area (Å²) in [6.45, 7) is 2.54. The van der Waals surface area contributed by atoms with Crippen molar-refractivity contribution in [1.29, 1.82) is 0 Å². The molecule has 3 heterocycles. The zero-order chi connectivity index (χ0) is 23.5. The van der Waals surface area contributed by atoms with Crippen LogP contribution in [0.2, 0.25) is 0 Å². The molecular formula is C30H31N3O. The van der Waals surface area contributed by atoms with Crippen LogP contribution in [0.25, 0.3) is 23.3 Å². The van der Waals surface area contributed by atoms with E-state index in [2.05, 4.69) is 126 Å². The molecule has 2 aromatic carbocycles. The van der Waals surface area contributed by atoms with Crippen molar-refractivity contribution in [1.82, 2.24) is 4.57 Å². The molecule has 0 aliphatic carbocycles. The van der Waals surface area contributed by atoms with Gasteiger partial charge in [-0.2, -0.15) is 0 Å². The van der Waals surface area contributed by atoms with E-state index in [0.29, 0.717) is 6.54 Å². The summed E-state index contributed by atoms with van der Waals surface area (Å²) in [5.74, 6) is 0. The predicted molar refractivity (Wildman–Crippen MR) is 145 cm³/mol. The van der Waals surface area contributed by atoms with Crippen LogP contribution >= 0.6 is 0 Å². The monoisotopic (exact) mass is 449 g/mol. The molecule has 2 aliphatic heterocycles. The first-order valence-electron chi connectivity index (χ1n) is 11.8. The smallest absolute Gasteiger partial charge is 0.0606 e. The maximum atomic E-state index is 9.39. The van der Waals surface area contributed by atoms with Gasteiger partial charge in [0.1, 0.15) is 0 Å². The normalized spacial score (nSPS) is 15.5. The number of nitrogens with zero attached hydrogens (tertiary/aromatic N) is 3. The summed E-state index contributed by atoms with van der Waals surface area (Å²) in [7, 11) is 4.25. The molecule has 5 rings (SSSR count). The van der Waals surface area contributed by atoms with Gasteiger partial charge < -0.3 is 19.5 Å². The molecule has 172 valence electrons. The van der Waals surface area contributed by atoms with Crippen molar-refractivity contribution in [2.45, 2.75) is 0 Å². The number of benzene rings is 2. The highest BCUT2D eigenvalue weighted by Gasteiger charge is 2.16. The van der Waals surface area contributed by atoms with E-state index in [-0.39, 0.29) is 6.61 Å². The lowest BCUT2D eigenvalue weighted by molar-refractivity contribution is 0.303. The summed E-state index contributed by atoms with van der Waals surface area (Å²) < 4.78 is 2.22. The van der Waals surface area contributed by atoms with Crippen LogP contribution in [0.1, 0.15) is 22.5 Å². The Morgan fingerprint density at radius 2 is 1.26 bits per heavy atom. The standard InChI is InChI=1S/C30H31N3O/c1-31-19-17-23(27-7-3-5-9-29(27)31)11-13-25-15-16-26(32(25)2)14-12-24-18-20-33(21-22-34)30-10-6-4-8-28(24)30/h3-18,34H,19-22H2,1-2H3. The third-order valence-electron chi connectivity index (χ3n) is 6.74. The summed E-state index contributed by atoms with van der Waals surface area (Å²) >= 11 is 0. The first-order chi connectivity index (χ1) is 16.7. The Morgan fingerprint density at radius 1 is 0.706 bits per heavy atom. The average molecular weight is 450 g/mol. The third-order valence-corrected chi connectivity index (χ3v) is 6.74. The highest BCUT2D eigenvalue weighted by Crippen LogP contribution is 2.33. The molecule has 2 aliphatic rings. The fourth-order valence-corrected chi connectivity index (χ4v) is 4.78. The minimum Gasteiger partial charge on any atom is -0.395 e. The second kappa shape index (κ2) is 9.62. The number of aliphatic hydroxyl groups is 1. The van der Waals surface area contributed by atoms with Crippen LogP contribution < -0.4 is 9.80 Å². The molecule has 34 heavy (non-hydrogen) atoms. The van der Waals surface area contributed by atoms with Crippen molar-refractivity contribution >= 4 is 34.7 Å². The SMILES string of the molecule is CN1CC=C(C=Cc2ccc(C=CC3=CCN(CCO)c4ccccc43)n2C)c2ccccc21. The predicted octanol–water partition coefficient (Wildman–Crippen LogP) is 5.48. The number of fused-ring (bicyclic) bond motifs is 2. The molecule has 0 bridgehead atoms. The van der Waals surface area contributed by atoms with Crippen LogP contribution in [0.4, 0.5) is 11.4 Å². The molecule has 0 atom stereocenters.